The molecule has 1 saturated heterocycles. The van der Waals surface area contributed by atoms with Crippen LogP contribution in [-0.2, 0) is 4.74 Å². The highest BCUT2D eigenvalue weighted by molar-refractivity contribution is 4.86. The number of nitrogens with one attached hydrogen (secondary N) is 1. The van der Waals surface area contributed by atoms with E-state index >= 15 is 0 Å². The Morgan fingerprint density at radius 2 is 2.33 bits per heavy atom. The van der Waals surface area contributed by atoms with Crippen LogP contribution in [0.2, 0.25) is 0 Å². The van der Waals surface area contributed by atoms with Gasteiger partial charge in [-0.3, -0.25) is 5.32 Å². The average Bonchev–Trinajstić information content (AvgIpc) is 1.79. The minimum Gasteiger partial charge on any atom is -0.364 e. The van der Waals surface area contributed by atoms with Crippen molar-refractivity contribution in [3.05, 3.63) is 0 Å². The van der Waals surface area contributed by atoms with E-state index in [1.807, 2.05) is 0 Å². The van der Waals surface area contributed by atoms with Crippen molar-refractivity contribution in [2.24, 2.45) is 0 Å². The molecule has 2 nitrogen and oxygen atoms in total. The second-order valence-corrected chi connectivity index (χ2v) is 2.63. The van der Waals surface area contributed by atoms with Gasteiger partial charge >= 0.3 is 0 Å². The molecule has 0 saturated carbocycles. The van der Waals surface area contributed by atoms with Crippen molar-refractivity contribution in [3.8, 4) is 0 Å². The quantitative estimate of drug-likeness (QED) is 0.616. The Bertz CT molecular complexity index is 83.4. The summed E-state index contributed by atoms with van der Waals surface area (Å²) in [7, 11) is 1.78. The summed E-state index contributed by atoms with van der Waals surface area (Å²) in [5.74, 6) is 0. The third-order valence-electron chi connectivity index (χ3n) is 2.02. The van der Waals surface area contributed by atoms with E-state index < -0.39 is 0 Å². The number of hydrogen-bond acceptors (Lipinski definition) is 2. The summed E-state index contributed by atoms with van der Waals surface area (Å²) in [5, 5.41) is 3.29. The summed E-state index contributed by atoms with van der Waals surface area (Å²) in [6, 6.07) is 0. The lowest BCUT2D eigenvalue weighted by Crippen LogP contribution is -2.58. The molecule has 0 aliphatic carbocycles. The second kappa shape index (κ2) is 2.67. The smallest absolute Gasteiger partial charge is 0.120 e. The van der Waals surface area contributed by atoms with Gasteiger partial charge in [-0.05, 0) is 6.42 Å². The van der Waals surface area contributed by atoms with Crippen LogP contribution in [0.1, 0.15) is 26.2 Å². The van der Waals surface area contributed by atoms with E-state index in [0.29, 0.717) is 0 Å². The van der Waals surface area contributed by atoms with Gasteiger partial charge in [0.25, 0.3) is 0 Å². The predicted octanol–water partition coefficient (Wildman–Crippen LogP) is 1.12. The molecule has 1 fully saturated rings. The van der Waals surface area contributed by atoms with Crippen LogP contribution in [0.4, 0.5) is 0 Å². The molecule has 1 aliphatic rings. The van der Waals surface area contributed by atoms with E-state index in [-0.39, 0.29) is 5.72 Å². The fourth-order valence-corrected chi connectivity index (χ4v) is 1.30. The lowest BCUT2D eigenvalue weighted by molar-refractivity contribution is -0.0962. The molecule has 0 aromatic carbocycles. The first-order valence-corrected chi connectivity index (χ1v) is 3.63. The number of rotatable bonds is 3. The number of methoxy groups -OCH3 is 1. The van der Waals surface area contributed by atoms with Crippen molar-refractivity contribution < 1.29 is 4.74 Å². The summed E-state index contributed by atoms with van der Waals surface area (Å²) < 4.78 is 5.30. The maximum absolute atomic E-state index is 5.30. The molecule has 0 spiro atoms. The van der Waals surface area contributed by atoms with Crippen LogP contribution in [0.15, 0.2) is 0 Å². The molecule has 0 bridgehead atoms. The molecule has 1 aliphatic heterocycles. The largest absolute Gasteiger partial charge is 0.364 e. The van der Waals surface area contributed by atoms with Crippen LogP contribution in [0.3, 0.4) is 0 Å². The van der Waals surface area contributed by atoms with Crippen LogP contribution >= 0.6 is 0 Å². The van der Waals surface area contributed by atoms with Crippen molar-refractivity contribution in [1.29, 1.82) is 0 Å². The van der Waals surface area contributed by atoms with Crippen LogP contribution in [0.5, 0.6) is 0 Å². The predicted molar refractivity (Wildman–Crippen MR) is 37.3 cm³/mol. The van der Waals surface area contributed by atoms with Crippen LogP contribution < -0.4 is 5.32 Å². The number of ether oxygens (including phenoxy) is 1. The Labute approximate surface area is 56.6 Å². The Hall–Kier alpha value is -0.0800. The van der Waals surface area contributed by atoms with E-state index in [9.17, 15) is 0 Å². The molecule has 0 amide bonds. The highest BCUT2D eigenvalue weighted by Crippen LogP contribution is 2.24. The minimum atomic E-state index is 0.0642. The minimum absolute atomic E-state index is 0.0642. The second-order valence-electron chi connectivity index (χ2n) is 2.63. The molecule has 0 aromatic rings. The normalized spacial score (nSPS) is 34.0. The molecule has 9 heavy (non-hydrogen) atoms. The summed E-state index contributed by atoms with van der Waals surface area (Å²) in [6.07, 6.45) is 3.52. The highest BCUT2D eigenvalue weighted by Gasteiger charge is 2.34. The molecule has 1 atom stereocenters. The van der Waals surface area contributed by atoms with E-state index in [2.05, 4.69) is 12.2 Å². The van der Waals surface area contributed by atoms with Gasteiger partial charge in [0.2, 0.25) is 0 Å². The SMILES string of the molecule is CCCC1(OC)CCN1. The summed E-state index contributed by atoms with van der Waals surface area (Å²) in [6.45, 7) is 3.30. The molecule has 0 radical (unpaired) electrons. The molecule has 2 heteroatoms. The highest BCUT2D eigenvalue weighted by atomic mass is 16.5. The van der Waals surface area contributed by atoms with Gasteiger partial charge in [0.05, 0.1) is 0 Å². The van der Waals surface area contributed by atoms with Gasteiger partial charge in [-0.2, -0.15) is 0 Å². The molecule has 0 aromatic heterocycles. The standard InChI is InChI=1S/C7H15NO/c1-3-4-7(9-2)5-6-8-7/h8H,3-6H2,1-2H3. The van der Waals surface area contributed by atoms with Crippen molar-refractivity contribution in [3.63, 3.8) is 0 Å². The zero-order valence-electron chi connectivity index (χ0n) is 6.24. The number of hydrogen-bond donors (Lipinski definition) is 1. The molecule has 54 valence electrons. The van der Waals surface area contributed by atoms with E-state index in [4.69, 9.17) is 4.74 Å². The van der Waals surface area contributed by atoms with E-state index in [1.54, 1.807) is 7.11 Å². The maximum Gasteiger partial charge on any atom is 0.120 e. The van der Waals surface area contributed by atoms with Gasteiger partial charge in [0.15, 0.2) is 0 Å². The third kappa shape index (κ3) is 1.25. The fourth-order valence-electron chi connectivity index (χ4n) is 1.30. The average molecular weight is 129 g/mol. The Morgan fingerprint density at radius 1 is 1.67 bits per heavy atom. The molecule has 1 heterocycles. The zero-order valence-corrected chi connectivity index (χ0v) is 6.24. The van der Waals surface area contributed by atoms with Crippen molar-refractivity contribution >= 4 is 0 Å². The monoisotopic (exact) mass is 129 g/mol. The topological polar surface area (TPSA) is 21.3 Å². The molecular weight excluding hydrogens is 114 g/mol. The van der Waals surface area contributed by atoms with E-state index in [1.165, 1.54) is 12.8 Å². The van der Waals surface area contributed by atoms with Crippen LogP contribution in [-0.4, -0.2) is 19.4 Å². The first-order chi connectivity index (χ1) is 4.33. The Morgan fingerprint density at radius 3 is 2.44 bits per heavy atom. The van der Waals surface area contributed by atoms with Gasteiger partial charge < -0.3 is 4.74 Å². The molecule has 1 rings (SSSR count). The van der Waals surface area contributed by atoms with Gasteiger partial charge in [-0.15, -0.1) is 0 Å². The lowest BCUT2D eigenvalue weighted by Gasteiger charge is -2.41. The fraction of sp³-hybridized carbons (Fsp3) is 1.00. The summed E-state index contributed by atoms with van der Waals surface area (Å²) in [5.41, 5.74) is 0.0642. The summed E-state index contributed by atoms with van der Waals surface area (Å²) >= 11 is 0. The molecule has 1 N–H and O–H groups in total. The van der Waals surface area contributed by atoms with Crippen molar-refractivity contribution in [1.82, 2.24) is 5.32 Å². The van der Waals surface area contributed by atoms with Crippen molar-refractivity contribution in [2.75, 3.05) is 13.7 Å². The van der Waals surface area contributed by atoms with Crippen LogP contribution in [0, 0.1) is 0 Å². The first-order valence-electron chi connectivity index (χ1n) is 3.63. The molecule has 1 unspecified atom stereocenters. The third-order valence-corrected chi connectivity index (χ3v) is 2.02. The lowest BCUT2D eigenvalue weighted by atomic mass is 9.97. The van der Waals surface area contributed by atoms with Crippen molar-refractivity contribution in [2.45, 2.75) is 31.9 Å². The maximum atomic E-state index is 5.30. The zero-order chi connectivity index (χ0) is 6.74. The van der Waals surface area contributed by atoms with Gasteiger partial charge in [-0.25, -0.2) is 0 Å². The van der Waals surface area contributed by atoms with E-state index in [0.717, 1.165) is 13.0 Å². The molecular formula is C7H15NO. The van der Waals surface area contributed by atoms with Gasteiger partial charge in [0, 0.05) is 20.1 Å². The Balaban J connectivity index is 2.28. The summed E-state index contributed by atoms with van der Waals surface area (Å²) in [4.78, 5) is 0. The first kappa shape index (κ1) is 7.03. The van der Waals surface area contributed by atoms with Gasteiger partial charge in [-0.1, -0.05) is 13.3 Å². The van der Waals surface area contributed by atoms with Gasteiger partial charge in [0.1, 0.15) is 5.72 Å². The van der Waals surface area contributed by atoms with Crippen LogP contribution in [0.25, 0.3) is 0 Å². The Kier molecular flexibility index (Phi) is 2.09.